The first-order chi connectivity index (χ1) is 31.5. The molecule has 0 saturated carbocycles. The smallest absolute Gasteiger partial charge is 0.238 e. The molecule has 0 amide bonds. The zero-order valence-electron chi connectivity index (χ0n) is 37.9. The van der Waals surface area contributed by atoms with Crippen LogP contribution < -0.4 is 0 Å². The van der Waals surface area contributed by atoms with Gasteiger partial charge in [-0.05, 0) is 48.0 Å². The molecule has 57 heavy (non-hydrogen) atoms. The van der Waals surface area contributed by atoms with Crippen molar-refractivity contribution < 1.29 is 15.4 Å². The van der Waals surface area contributed by atoms with Gasteiger partial charge in [-0.1, -0.05) is 145 Å². The Balaban J connectivity index is 1.24. The quantitative estimate of drug-likeness (QED) is 0.176. The van der Waals surface area contributed by atoms with Gasteiger partial charge >= 0.3 is 0 Å². The van der Waals surface area contributed by atoms with E-state index in [-0.39, 0.29) is 69.8 Å². The van der Waals surface area contributed by atoms with Crippen LogP contribution in [0.2, 0.25) is 0 Å². The number of fused-ring (bicyclic) bond motifs is 9. The van der Waals surface area contributed by atoms with E-state index in [1.807, 2.05) is 108 Å². The number of aromatic nitrogens is 5. The van der Waals surface area contributed by atoms with Crippen LogP contribution in [0.15, 0.2) is 192 Å². The summed E-state index contributed by atoms with van der Waals surface area (Å²) in [6.07, 6.45) is 0. The van der Waals surface area contributed by atoms with Gasteiger partial charge < -0.3 is 8.98 Å². The fourth-order valence-electron chi connectivity index (χ4n) is 8.12. The molecule has 4 heterocycles. The molecule has 0 atom stereocenters. The summed E-state index contributed by atoms with van der Waals surface area (Å²) in [6.45, 7) is 0. The fraction of sp³-hybridized carbons (Fsp3) is 0. The number of rotatable bonds is 5. The van der Waals surface area contributed by atoms with Gasteiger partial charge in [0, 0.05) is 49.0 Å². The molecule has 0 radical (unpaired) electrons. The molecule has 266 valence electrons. The predicted octanol–water partition coefficient (Wildman–Crippen LogP) is 13.0. The van der Waals surface area contributed by atoms with Crippen LogP contribution in [0.5, 0.6) is 0 Å². The van der Waals surface area contributed by atoms with E-state index < -0.39 is 0 Å². The SMILES string of the molecule is [2H]c1ccc2c(c1)c1cc([2H])ccc1n2-c1nc(-c2ccccc2)nc(-c2cc(-c3cccc4c3oc3ccccc34)ccc2-n2c3c([2H])cc([2H])c([2H])c3c3c([2H])c([2H])cc([2H])c32)n1. The normalized spacial score (nSPS) is 13.8. The van der Waals surface area contributed by atoms with Gasteiger partial charge in [0.1, 0.15) is 11.2 Å². The van der Waals surface area contributed by atoms with Crippen LogP contribution >= 0.6 is 0 Å². The first-order valence-corrected chi connectivity index (χ1v) is 18.4. The van der Waals surface area contributed by atoms with Crippen molar-refractivity contribution in [3.05, 3.63) is 188 Å². The van der Waals surface area contributed by atoms with Crippen molar-refractivity contribution >= 4 is 65.6 Å². The first kappa shape index (κ1) is 24.6. The van der Waals surface area contributed by atoms with Crippen molar-refractivity contribution in [1.82, 2.24) is 24.1 Å². The molecule has 6 heteroatoms. The maximum absolute atomic E-state index is 9.30. The summed E-state index contributed by atoms with van der Waals surface area (Å²) in [6, 6.07) is 41.7. The lowest BCUT2D eigenvalue weighted by Gasteiger charge is -2.17. The Kier molecular flexibility index (Phi) is 5.32. The van der Waals surface area contributed by atoms with Crippen LogP contribution in [-0.2, 0) is 0 Å². The summed E-state index contributed by atoms with van der Waals surface area (Å²) in [7, 11) is 0. The summed E-state index contributed by atoms with van der Waals surface area (Å²) in [5.74, 6) is 0.810. The van der Waals surface area contributed by atoms with Gasteiger partial charge in [0.15, 0.2) is 11.6 Å². The molecular weight excluding hydrogens is 699 g/mol. The van der Waals surface area contributed by atoms with Crippen LogP contribution in [0.1, 0.15) is 11.0 Å². The molecule has 0 aliphatic heterocycles. The summed E-state index contributed by atoms with van der Waals surface area (Å²) in [5, 5.41) is 3.65. The van der Waals surface area contributed by atoms with Crippen molar-refractivity contribution in [3.63, 3.8) is 0 Å². The molecule has 0 aliphatic rings. The average Bonchev–Trinajstić information content (AvgIpc) is 3.99. The lowest BCUT2D eigenvalue weighted by molar-refractivity contribution is 0.670. The van der Waals surface area contributed by atoms with E-state index in [9.17, 15) is 2.74 Å². The number of nitrogens with zero attached hydrogens (tertiary/aromatic N) is 5. The average molecular weight is 738 g/mol. The van der Waals surface area contributed by atoms with Crippen LogP contribution in [-0.4, -0.2) is 24.1 Å². The van der Waals surface area contributed by atoms with Crippen molar-refractivity contribution in [2.45, 2.75) is 0 Å². The van der Waals surface area contributed by atoms with Crippen molar-refractivity contribution in [2.24, 2.45) is 0 Å². The topological polar surface area (TPSA) is 61.7 Å². The van der Waals surface area contributed by atoms with Gasteiger partial charge in [-0.2, -0.15) is 9.97 Å². The third kappa shape index (κ3) is 4.81. The van der Waals surface area contributed by atoms with Crippen molar-refractivity contribution in [1.29, 1.82) is 0 Å². The van der Waals surface area contributed by atoms with E-state index in [4.69, 9.17) is 27.6 Å². The van der Waals surface area contributed by atoms with E-state index in [0.29, 0.717) is 51.3 Å². The lowest BCUT2D eigenvalue weighted by atomic mass is 9.99. The second-order valence-electron chi connectivity index (χ2n) is 13.8. The van der Waals surface area contributed by atoms with Gasteiger partial charge in [0.05, 0.1) is 38.7 Å². The Morgan fingerprint density at radius 2 is 1.11 bits per heavy atom. The number of furan rings is 1. The van der Waals surface area contributed by atoms with Crippen molar-refractivity contribution in [3.8, 4) is 45.5 Å². The van der Waals surface area contributed by atoms with Crippen LogP contribution in [0.3, 0.4) is 0 Å². The molecule has 4 aromatic heterocycles. The second kappa shape index (κ2) is 12.3. The molecule has 6 nitrogen and oxygen atoms in total. The minimum atomic E-state index is -0.222. The predicted molar refractivity (Wildman–Crippen MR) is 232 cm³/mol. The Labute approximate surface area is 337 Å². The highest BCUT2D eigenvalue weighted by molar-refractivity contribution is 6.12. The Morgan fingerprint density at radius 3 is 1.86 bits per heavy atom. The maximum Gasteiger partial charge on any atom is 0.238 e. The summed E-state index contributed by atoms with van der Waals surface area (Å²) >= 11 is 0. The minimum Gasteiger partial charge on any atom is -0.455 e. The zero-order chi connectivity index (χ0) is 44.4. The standard InChI is InChI=1S/C51H31N5O/c1-2-15-32(16-3-1)49-52-50(54-51(53-49)56-44-26-11-6-19-37(44)38-20-7-12-27-45(38)56)41-31-33(34-22-14-23-40-39-21-8-13-28-47(39)57-48(34)40)29-30-46(41)55-42-24-9-4-17-35(42)36-18-5-10-25-43(36)55/h1-31H/i4D,5D,6D,7D,17D,18D,24D,25D. The van der Waals surface area contributed by atoms with Gasteiger partial charge in [-0.25, -0.2) is 4.98 Å². The van der Waals surface area contributed by atoms with Gasteiger partial charge in [0.2, 0.25) is 5.95 Å². The zero-order valence-corrected chi connectivity index (χ0v) is 29.9. The Bertz CT molecular complexity index is 3880. The molecule has 0 fully saturated rings. The summed E-state index contributed by atoms with van der Waals surface area (Å²) in [5.41, 5.74) is 6.30. The monoisotopic (exact) mass is 737 g/mol. The highest BCUT2D eigenvalue weighted by Gasteiger charge is 2.23. The van der Waals surface area contributed by atoms with E-state index in [2.05, 4.69) is 0 Å². The summed E-state index contributed by atoms with van der Waals surface area (Å²) in [4.78, 5) is 15.6. The van der Waals surface area contributed by atoms with E-state index in [1.54, 1.807) is 28.8 Å². The van der Waals surface area contributed by atoms with Gasteiger partial charge in [0.25, 0.3) is 0 Å². The fourth-order valence-corrected chi connectivity index (χ4v) is 8.12. The molecule has 0 saturated heterocycles. The number of benzene rings is 8. The maximum atomic E-state index is 9.30. The molecule has 8 aromatic carbocycles. The van der Waals surface area contributed by atoms with Gasteiger partial charge in [-0.15, -0.1) is 0 Å². The largest absolute Gasteiger partial charge is 0.455 e. The summed E-state index contributed by atoms with van der Waals surface area (Å²) < 4.78 is 81.1. The van der Waals surface area contributed by atoms with Crippen molar-refractivity contribution in [2.75, 3.05) is 0 Å². The van der Waals surface area contributed by atoms with Crippen LogP contribution in [0.4, 0.5) is 0 Å². The molecule has 0 aliphatic carbocycles. The molecule has 0 unspecified atom stereocenters. The molecule has 12 rings (SSSR count). The molecule has 0 bridgehead atoms. The molecule has 0 spiro atoms. The first-order valence-electron chi connectivity index (χ1n) is 22.4. The third-order valence-corrected chi connectivity index (χ3v) is 10.6. The highest BCUT2D eigenvalue weighted by atomic mass is 16.3. The third-order valence-electron chi connectivity index (χ3n) is 10.6. The number of hydrogen-bond donors (Lipinski definition) is 0. The number of hydrogen-bond acceptors (Lipinski definition) is 4. The lowest BCUT2D eigenvalue weighted by Crippen LogP contribution is -2.08. The highest BCUT2D eigenvalue weighted by Crippen LogP contribution is 2.41. The van der Waals surface area contributed by atoms with E-state index in [1.165, 1.54) is 12.1 Å². The van der Waals surface area contributed by atoms with Gasteiger partial charge in [-0.3, -0.25) is 4.57 Å². The van der Waals surface area contributed by atoms with E-state index in [0.717, 1.165) is 38.3 Å². The molecular formula is C51H31N5O. The number of para-hydroxylation sites is 6. The Morgan fingerprint density at radius 1 is 0.421 bits per heavy atom. The molecule has 0 N–H and O–H groups in total. The second-order valence-corrected chi connectivity index (χ2v) is 13.8. The molecule has 12 aromatic rings. The van der Waals surface area contributed by atoms with Crippen LogP contribution in [0, 0.1) is 0 Å². The Hall–Kier alpha value is -7.83. The van der Waals surface area contributed by atoms with Crippen LogP contribution in [0.25, 0.3) is 111 Å². The minimum absolute atomic E-state index is 0.0984. The van der Waals surface area contributed by atoms with E-state index >= 15 is 0 Å².